The summed E-state index contributed by atoms with van der Waals surface area (Å²) in [6.45, 7) is 6.25. The average molecular weight is 159 g/mol. The molecule has 0 aliphatic carbocycles. The van der Waals surface area contributed by atoms with Crippen LogP contribution in [0.15, 0.2) is 0 Å². The highest BCUT2D eigenvalue weighted by molar-refractivity contribution is 5.80. The van der Waals surface area contributed by atoms with E-state index in [1.165, 1.54) is 0 Å². The van der Waals surface area contributed by atoms with Crippen LogP contribution in [0.2, 0.25) is 0 Å². The van der Waals surface area contributed by atoms with E-state index in [9.17, 15) is 9.90 Å². The van der Waals surface area contributed by atoms with Gasteiger partial charge in [-0.05, 0) is 12.3 Å². The zero-order chi connectivity index (χ0) is 8.85. The van der Waals surface area contributed by atoms with Gasteiger partial charge in [0.05, 0.1) is 0 Å². The molecule has 0 bridgehead atoms. The summed E-state index contributed by atoms with van der Waals surface area (Å²) in [5, 5.41) is 11.8. The van der Waals surface area contributed by atoms with Crippen molar-refractivity contribution in [2.75, 3.05) is 6.54 Å². The molecular weight excluding hydrogens is 142 g/mol. The van der Waals surface area contributed by atoms with Gasteiger partial charge in [0, 0.05) is 6.54 Å². The Bertz CT molecular complexity index is 123. The van der Waals surface area contributed by atoms with Crippen LogP contribution in [0.25, 0.3) is 0 Å². The molecule has 0 rings (SSSR count). The summed E-state index contributed by atoms with van der Waals surface area (Å²) < 4.78 is 0. The second kappa shape index (κ2) is 5.13. The van der Waals surface area contributed by atoms with Crippen molar-refractivity contribution in [1.29, 1.82) is 0 Å². The lowest BCUT2D eigenvalue weighted by Crippen LogP contribution is -2.37. The predicted octanol–water partition coefficient (Wildman–Crippen LogP) is 0.529. The van der Waals surface area contributed by atoms with Gasteiger partial charge in [0.25, 0.3) is 0 Å². The molecular formula is C8H17NO2. The quantitative estimate of drug-likeness (QED) is 0.628. The number of hydrogen-bond acceptors (Lipinski definition) is 2. The smallest absolute Gasteiger partial charge is 0.249 e. The summed E-state index contributed by atoms with van der Waals surface area (Å²) in [6.07, 6.45) is 0.0397. The van der Waals surface area contributed by atoms with Gasteiger partial charge in [-0.1, -0.05) is 20.8 Å². The molecule has 0 aromatic carbocycles. The SMILES string of the molecule is CCCNC(=O)[C@@H](O)C(C)C. The number of rotatable bonds is 4. The molecule has 0 aliphatic heterocycles. The molecule has 11 heavy (non-hydrogen) atoms. The van der Waals surface area contributed by atoms with Gasteiger partial charge in [-0.2, -0.15) is 0 Å². The molecule has 0 unspecified atom stereocenters. The van der Waals surface area contributed by atoms with E-state index >= 15 is 0 Å². The molecule has 2 N–H and O–H groups in total. The fourth-order valence-corrected chi connectivity index (χ4v) is 0.656. The van der Waals surface area contributed by atoms with Gasteiger partial charge in [-0.15, -0.1) is 0 Å². The number of nitrogens with one attached hydrogen (secondary N) is 1. The van der Waals surface area contributed by atoms with Crippen molar-refractivity contribution >= 4 is 5.91 Å². The number of aliphatic hydroxyl groups excluding tert-OH is 1. The van der Waals surface area contributed by atoms with Gasteiger partial charge in [-0.3, -0.25) is 4.79 Å². The minimum atomic E-state index is -0.860. The van der Waals surface area contributed by atoms with Crippen LogP contribution in [0.3, 0.4) is 0 Å². The first-order valence-electron chi connectivity index (χ1n) is 4.05. The predicted molar refractivity (Wildman–Crippen MR) is 44.1 cm³/mol. The van der Waals surface area contributed by atoms with Gasteiger partial charge in [0.15, 0.2) is 0 Å². The summed E-state index contributed by atoms with van der Waals surface area (Å²) >= 11 is 0. The molecule has 0 spiro atoms. The molecule has 3 heteroatoms. The van der Waals surface area contributed by atoms with E-state index in [-0.39, 0.29) is 11.8 Å². The molecule has 0 heterocycles. The molecule has 1 amide bonds. The van der Waals surface area contributed by atoms with Crippen LogP contribution in [0, 0.1) is 5.92 Å². The monoisotopic (exact) mass is 159 g/mol. The molecule has 0 saturated heterocycles. The number of carbonyl (C=O) groups excluding carboxylic acids is 1. The lowest BCUT2D eigenvalue weighted by atomic mass is 10.1. The molecule has 0 saturated carbocycles. The Morgan fingerprint density at radius 2 is 2.09 bits per heavy atom. The molecule has 0 fully saturated rings. The van der Waals surface area contributed by atoms with Crippen LogP contribution in [0.4, 0.5) is 0 Å². The van der Waals surface area contributed by atoms with Crippen molar-refractivity contribution in [2.24, 2.45) is 5.92 Å². The van der Waals surface area contributed by atoms with E-state index in [1.54, 1.807) is 0 Å². The summed E-state index contributed by atoms with van der Waals surface area (Å²) in [5.41, 5.74) is 0. The van der Waals surface area contributed by atoms with Crippen molar-refractivity contribution < 1.29 is 9.90 Å². The number of carbonyl (C=O) groups is 1. The zero-order valence-corrected chi connectivity index (χ0v) is 7.42. The van der Waals surface area contributed by atoms with E-state index in [0.717, 1.165) is 6.42 Å². The van der Waals surface area contributed by atoms with Crippen molar-refractivity contribution in [3.63, 3.8) is 0 Å². The van der Waals surface area contributed by atoms with Crippen LogP contribution >= 0.6 is 0 Å². The lowest BCUT2D eigenvalue weighted by Gasteiger charge is -2.13. The Morgan fingerprint density at radius 1 is 1.55 bits per heavy atom. The Morgan fingerprint density at radius 3 is 2.45 bits per heavy atom. The second-order valence-electron chi connectivity index (χ2n) is 2.98. The van der Waals surface area contributed by atoms with Gasteiger partial charge in [0.1, 0.15) is 6.10 Å². The summed E-state index contributed by atoms with van der Waals surface area (Å²) in [7, 11) is 0. The number of amides is 1. The Balaban J connectivity index is 3.64. The second-order valence-corrected chi connectivity index (χ2v) is 2.98. The standard InChI is InChI=1S/C8H17NO2/c1-4-5-9-8(11)7(10)6(2)3/h6-7,10H,4-5H2,1-3H3,(H,9,11)/t7-/m0/s1. The molecule has 0 aromatic rings. The van der Waals surface area contributed by atoms with Gasteiger partial charge >= 0.3 is 0 Å². The van der Waals surface area contributed by atoms with Crippen LogP contribution in [0.1, 0.15) is 27.2 Å². The van der Waals surface area contributed by atoms with E-state index in [0.29, 0.717) is 6.54 Å². The van der Waals surface area contributed by atoms with E-state index in [2.05, 4.69) is 5.32 Å². The van der Waals surface area contributed by atoms with E-state index in [4.69, 9.17) is 0 Å². The largest absolute Gasteiger partial charge is 0.383 e. The van der Waals surface area contributed by atoms with Crippen LogP contribution in [-0.4, -0.2) is 23.7 Å². The highest BCUT2D eigenvalue weighted by Gasteiger charge is 2.17. The molecule has 0 radical (unpaired) electrons. The Hall–Kier alpha value is -0.570. The fraction of sp³-hybridized carbons (Fsp3) is 0.875. The summed E-state index contributed by atoms with van der Waals surface area (Å²) in [6, 6.07) is 0. The van der Waals surface area contributed by atoms with Crippen molar-refractivity contribution in [1.82, 2.24) is 5.32 Å². The van der Waals surface area contributed by atoms with E-state index in [1.807, 2.05) is 20.8 Å². The number of hydrogen-bond donors (Lipinski definition) is 2. The third kappa shape index (κ3) is 3.98. The fourth-order valence-electron chi connectivity index (χ4n) is 0.656. The highest BCUT2D eigenvalue weighted by atomic mass is 16.3. The van der Waals surface area contributed by atoms with Gasteiger partial charge < -0.3 is 10.4 Å². The molecule has 3 nitrogen and oxygen atoms in total. The minimum Gasteiger partial charge on any atom is -0.383 e. The summed E-state index contributed by atoms with van der Waals surface area (Å²) in [4.78, 5) is 11.0. The molecule has 66 valence electrons. The zero-order valence-electron chi connectivity index (χ0n) is 7.42. The van der Waals surface area contributed by atoms with E-state index < -0.39 is 6.10 Å². The van der Waals surface area contributed by atoms with Crippen molar-refractivity contribution in [3.05, 3.63) is 0 Å². The van der Waals surface area contributed by atoms with Crippen molar-refractivity contribution in [3.8, 4) is 0 Å². The van der Waals surface area contributed by atoms with Gasteiger partial charge in [0.2, 0.25) is 5.91 Å². The highest BCUT2D eigenvalue weighted by Crippen LogP contribution is 1.99. The topological polar surface area (TPSA) is 49.3 Å². The summed E-state index contributed by atoms with van der Waals surface area (Å²) in [5.74, 6) is -0.270. The maximum Gasteiger partial charge on any atom is 0.249 e. The lowest BCUT2D eigenvalue weighted by molar-refractivity contribution is -0.131. The van der Waals surface area contributed by atoms with Crippen LogP contribution in [0.5, 0.6) is 0 Å². The van der Waals surface area contributed by atoms with Gasteiger partial charge in [-0.25, -0.2) is 0 Å². The third-order valence-corrected chi connectivity index (χ3v) is 1.45. The maximum atomic E-state index is 11.0. The Labute approximate surface area is 67.8 Å². The van der Waals surface area contributed by atoms with Crippen molar-refractivity contribution in [2.45, 2.75) is 33.3 Å². The molecule has 1 atom stereocenters. The first-order chi connectivity index (χ1) is 5.09. The maximum absolute atomic E-state index is 11.0. The normalized spacial score (nSPS) is 13.2. The average Bonchev–Trinajstić information content (AvgIpc) is 1.98. The van der Waals surface area contributed by atoms with Crippen LogP contribution < -0.4 is 5.32 Å². The third-order valence-electron chi connectivity index (χ3n) is 1.45. The molecule has 0 aromatic heterocycles. The molecule has 0 aliphatic rings. The minimum absolute atomic E-state index is 0.00754. The first-order valence-corrected chi connectivity index (χ1v) is 4.05. The number of aliphatic hydroxyl groups is 1. The Kier molecular flexibility index (Phi) is 4.86. The first kappa shape index (κ1) is 10.4. The van der Waals surface area contributed by atoms with Crippen LogP contribution in [-0.2, 0) is 4.79 Å².